The molecule has 0 bridgehead atoms. The molecule has 3 heterocycles. The molecular formula is C22H14FN3S. The summed E-state index contributed by atoms with van der Waals surface area (Å²) < 4.78 is 16.9. The summed E-state index contributed by atoms with van der Waals surface area (Å²) in [5.41, 5.74) is 4.76. The number of aryl methyl sites for hydroxylation is 2. The van der Waals surface area contributed by atoms with Crippen LogP contribution in [0.1, 0.15) is 11.3 Å². The Labute approximate surface area is 157 Å². The molecule has 0 atom stereocenters. The Balaban J connectivity index is 2.04. The molecule has 3 nitrogen and oxygen atoms in total. The predicted molar refractivity (Wildman–Crippen MR) is 110 cm³/mol. The van der Waals surface area contributed by atoms with Gasteiger partial charge in [-0.05, 0) is 47.7 Å². The average molecular weight is 371 g/mol. The first-order valence-corrected chi connectivity index (χ1v) is 9.62. The van der Waals surface area contributed by atoms with Gasteiger partial charge in [-0.25, -0.2) is 9.97 Å². The van der Waals surface area contributed by atoms with Gasteiger partial charge in [-0.3, -0.25) is 4.40 Å². The Morgan fingerprint density at radius 1 is 1.00 bits per heavy atom. The van der Waals surface area contributed by atoms with E-state index in [0.29, 0.717) is 5.52 Å². The number of nitrogens with zero attached hydrogens (tertiary/aromatic N) is 3. The van der Waals surface area contributed by atoms with Gasteiger partial charge in [0.1, 0.15) is 11.2 Å². The Bertz CT molecular complexity index is 1560. The number of pyridine rings is 1. The van der Waals surface area contributed by atoms with Crippen molar-refractivity contribution in [1.82, 2.24) is 14.4 Å². The topological polar surface area (TPSA) is 30.2 Å². The van der Waals surface area contributed by atoms with E-state index in [1.807, 2.05) is 19.2 Å². The highest BCUT2D eigenvalue weighted by Crippen LogP contribution is 2.39. The van der Waals surface area contributed by atoms with Crippen molar-refractivity contribution >= 4 is 59.6 Å². The molecule has 0 saturated heterocycles. The van der Waals surface area contributed by atoms with Gasteiger partial charge >= 0.3 is 0 Å². The fourth-order valence-corrected chi connectivity index (χ4v) is 5.04. The van der Waals surface area contributed by atoms with Crippen LogP contribution in [0.5, 0.6) is 0 Å². The summed E-state index contributed by atoms with van der Waals surface area (Å²) >= 11 is 1.08. The minimum Gasteiger partial charge on any atom is -0.294 e. The number of halogens is 1. The maximum Gasteiger partial charge on any atom is 0.270 e. The number of imidazole rings is 1. The Hall–Kier alpha value is -3.05. The van der Waals surface area contributed by atoms with E-state index in [1.54, 1.807) is 0 Å². The van der Waals surface area contributed by atoms with Crippen LogP contribution >= 0.6 is 11.3 Å². The third-order valence-electron chi connectivity index (χ3n) is 5.49. The lowest BCUT2D eigenvalue weighted by Gasteiger charge is -2.14. The van der Waals surface area contributed by atoms with Crippen LogP contribution in [0.15, 0.2) is 48.7 Å². The van der Waals surface area contributed by atoms with Crippen molar-refractivity contribution in [2.45, 2.75) is 13.8 Å². The molecule has 6 rings (SSSR count). The summed E-state index contributed by atoms with van der Waals surface area (Å²) in [6.45, 7) is 4.18. The molecule has 0 saturated carbocycles. The SMILES string of the molecule is Cc1c2ccccc2cc2c1c1ccc3sc(F)nc3c1n1c(C)cnc21. The maximum atomic E-state index is 14.0. The van der Waals surface area contributed by atoms with Crippen LogP contribution in [0.2, 0.25) is 0 Å². The minimum atomic E-state index is -0.404. The van der Waals surface area contributed by atoms with Crippen LogP contribution in [0, 0.1) is 19.1 Å². The molecule has 0 aliphatic heterocycles. The molecule has 6 aromatic rings. The molecule has 0 fully saturated rings. The summed E-state index contributed by atoms with van der Waals surface area (Å²) in [5, 5.41) is 5.38. The fourth-order valence-electron chi connectivity index (χ4n) is 4.34. The number of benzene rings is 3. The van der Waals surface area contributed by atoms with Crippen LogP contribution in [0.4, 0.5) is 4.39 Å². The van der Waals surface area contributed by atoms with Crippen molar-refractivity contribution in [3.05, 3.63) is 65.2 Å². The second-order valence-electron chi connectivity index (χ2n) is 6.98. The quantitative estimate of drug-likeness (QED) is 0.236. The van der Waals surface area contributed by atoms with E-state index in [0.717, 1.165) is 49.1 Å². The molecule has 0 radical (unpaired) electrons. The zero-order valence-corrected chi connectivity index (χ0v) is 15.6. The van der Waals surface area contributed by atoms with Gasteiger partial charge in [0.05, 0.1) is 10.2 Å². The molecule has 0 unspecified atom stereocenters. The smallest absolute Gasteiger partial charge is 0.270 e. The van der Waals surface area contributed by atoms with Crippen molar-refractivity contribution in [2.75, 3.05) is 0 Å². The van der Waals surface area contributed by atoms with E-state index < -0.39 is 5.26 Å². The normalized spacial score (nSPS) is 12.3. The molecule has 3 aromatic carbocycles. The van der Waals surface area contributed by atoms with Gasteiger partial charge in [0.15, 0.2) is 0 Å². The summed E-state index contributed by atoms with van der Waals surface area (Å²) in [6.07, 6.45) is 1.88. The zero-order chi connectivity index (χ0) is 18.3. The average Bonchev–Trinajstić information content (AvgIpc) is 3.24. The molecule has 0 aliphatic rings. The summed E-state index contributed by atoms with van der Waals surface area (Å²) in [4.78, 5) is 8.92. The van der Waals surface area contributed by atoms with Gasteiger partial charge in [-0.15, -0.1) is 0 Å². The number of rotatable bonds is 0. The third kappa shape index (κ3) is 1.84. The maximum absolute atomic E-state index is 14.0. The minimum absolute atomic E-state index is 0.404. The Morgan fingerprint density at radius 3 is 2.74 bits per heavy atom. The molecular weight excluding hydrogens is 357 g/mol. The highest BCUT2D eigenvalue weighted by Gasteiger charge is 2.18. The van der Waals surface area contributed by atoms with Crippen molar-refractivity contribution in [2.24, 2.45) is 0 Å². The molecule has 0 amide bonds. The van der Waals surface area contributed by atoms with Crippen LogP contribution < -0.4 is 0 Å². The van der Waals surface area contributed by atoms with Crippen molar-refractivity contribution < 1.29 is 4.39 Å². The van der Waals surface area contributed by atoms with E-state index in [1.165, 1.54) is 16.3 Å². The largest absolute Gasteiger partial charge is 0.294 e. The third-order valence-corrected chi connectivity index (χ3v) is 6.30. The van der Waals surface area contributed by atoms with E-state index in [4.69, 9.17) is 4.98 Å². The van der Waals surface area contributed by atoms with Gasteiger partial charge in [0, 0.05) is 22.7 Å². The lowest BCUT2D eigenvalue weighted by molar-refractivity contribution is 0.620. The highest BCUT2D eigenvalue weighted by atomic mass is 32.1. The van der Waals surface area contributed by atoms with Gasteiger partial charge in [-0.2, -0.15) is 4.39 Å². The number of thiazole rings is 1. The van der Waals surface area contributed by atoms with Crippen molar-refractivity contribution in [3.63, 3.8) is 0 Å². The predicted octanol–water partition coefficient (Wildman–Crippen LogP) is 6.16. The lowest BCUT2D eigenvalue weighted by atomic mass is 9.95. The molecule has 27 heavy (non-hydrogen) atoms. The van der Waals surface area contributed by atoms with E-state index in [2.05, 4.69) is 52.7 Å². The van der Waals surface area contributed by atoms with Gasteiger partial charge in [-0.1, -0.05) is 41.7 Å². The zero-order valence-electron chi connectivity index (χ0n) is 14.7. The molecule has 0 spiro atoms. The lowest BCUT2D eigenvalue weighted by Crippen LogP contribution is -1.96. The molecule has 0 aliphatic carbocycles. The Kier molecular flexibility index (Phi) is 2.80. The fraction of sp³-hybridized carbons (Fsp3) is 0.0909. The van der Waals surface area contributed by atoms with Crippen molar-refractivity contribution in [1.29, 1.82) is 0 Å². The van der Waals surface area contributed by atoms with Crippen molar-refractivity contribution in [3.8, 4) is 0 Å². The van der Waals surface area contributed by atoms with E-state index >= 15 is 0 Å². The first-order chi connectivity index (χ1) is 13.1. The molecule has 0 N–H and O–H groups in total. The van der Waals surface area contributed by atoms with Crippen LogP contribution in [0.3, 0.4) is 0 Å². The summed E-state index contributed by atoms with van der Waals surface area (Å²) in [6, 6.07) is 14.7. The highest BCUT2D eigenvalue weighted by molar-refractivity contribution is 7.17. The summed E-state index contributed by atoms with van der Waals surface area (Å²) in [5.74, 6) is 0. The first kappa shape index (κ1) is 15.1. The second-order valence-corrected chi connectivity index (χ2v) is 7.96. The second kappa shape index (κ2) is 5.02. The van der Waals surface area contributed by atoms with Crippen LogP contribution in [-0.4, -0.2) is 14.4 Å². The van der Waals surface area contributed by atoms with Gasteiger partial charge in [0.25, 0.3) is 5.26 Å². The van der Waals surface area contributed by atoms with E-state index in [9.17, 15) is 4.39 Å². The first-order valence-electron chi connectivity index (χ1n) is 8.80. The number of fused-ring (bicyclic) bond motifs is 9. The Morgan fingerprint density at radius 2 is 1.85 bits per heavy atom. The van der Waals surface area contributed by atoms with Gasteiger partial charge < -0.3 is 0 Å². The van der Waals surface area contributed by atoms with E-state index in [-0.39, 0.29) is 0 Å². The number of hydrogen-bond acceptors (Lipinski definition) is 3. The molecule has 3 aromatic heterocycles. The standard InChI is InChI=1S/C22H14FN3S/c1-11-10-24-21-16-9-13-5-3-4-6-14(13)12(2)18(16)15-7-8-17-19(20(15)26(11)21)25-22(23)27-17/h3-10H,1-2H3. The van der Waals surface area contributed by atoms with Crippen LogP contribution in [-0.2, 0) is 0 Å². The molecule has 5 heteroatoms. The monoisotopic (exact) mass is 371 g/mol. The summed E-state index contributed by atoms with van der Waals surface area (Å²) in [7, 11) is 0. The number of hydrogen-bond donors (Lipinski definition) is 0. The van der Waals surface area contributed by atoms with Gasteiger partial charge in [0.2, 0.25) is 0 Å². The molecule has 130 valence electrons. The van der Waals surface area contributed by atoms with Crippen LogP contribution in [0.25, 0.3) is 48.3 Å². The number of aromatic nitrogens is 3.